The highest BCUT2D eigenvalue weighted by Crippen LogP contribution is 2.40. The summed E-state index contributed by atoms with van der Waals surface area (Å²) in [5.41, 5.74) is 3.46. The molecule has 0 aliphatic heterocycles. The van der Waals surface area contributed by atoms with Gasteiger partial charge in [0.2, 0.25) is 0 Å². The number of nitrogens with zero attached hydrogens (tertiary/aromatic N) is 1. The zero-order chi connectivity index (χ0) is 11.1. The first kappa shape index (κ1) is 10.4. The predicted octanol–water partition coefficient (Wildman–Crippen LogP) is 3.80. The lowest BCUT2D eigenvalue weighted by atomic mass is 9.75. The topological polar surface area (TPSA) is 23.8 Å². The quantitative estimate of drug-likeness (QED) is 0.656. The first-order chi connectivity index (χ1) is 7.03. The smallest absolute Gasteiger partial charge is 0.0992 e. The van der Waals surface area contributed by atoms with E-state index in [1.165, 1.54) is 16.9 Å². The Balaban J connectivity index is 2.43. The molecule has 0 aromatic carbocycles. The molecule has 0 fully saturated rings. The van der Waals surface area contributed by atoms with Crippen molar-refractivity contribution in [1.82, 2.24) is 0 Å². The zero-order valence-electron chi connectivity index (χ0n) is 9.26. The molecule has 1 aromatic rings. The minimum absolute atomic E-state index is 0.374. The average Bonchev–Trinajstić information content (AvgIpc) is 2.58. The summed E-state index contributed by atoms with van der Waals surface area (Å²) in [5, 5.41) is 11.0. The van der Waals surface area contributed by atoms with Gasteiger partial charge in [-0.05, 0) is 35.6 Å². The van der Waals surface area contributed by atoms with Crippen LogP contribution in [-0.4, -0.2) is 0 Å². The normalized spacial score (nSPS) is 17.9. The molecule has 0 amide bonds. The van der Waals surface area contributed by atoms with E-state index in [2.05, 4.69) is 31.9 Å². The molecule has 0 unspecified atom stereocenters. The summed E-state index contributed by atoms with van der Waals surface area (Å²) in [5.74, 6) is 0. The zero-order valence-corrected chi connectivity index (χ0v) is 10.1. The van der Waals surface area contributed by atoms with Gasteiger partial charge in [-0.1, -0.05) is 20.4 Å². The van der Waals surface area contributed by atoms with E-state index >= 15 is 0 Å². The summed E-state index contributed by atoms with van der Waals surface area (Å²) in [4.78, 5) is 1.46. The molecular formula is C13H15NS. The molecule has 1 aliphatic carbocycles. The fourth-order valence-electron chi connectivity index (χ4n) is 2.16. The summed E-state index contributed by atoms with van der Waals surface area (Å²) in [6.07, 6.45) is 3.49. The minimum Gasteiger partial charge on any atom is -0.192 e. The highest BCUT2D eigenvalue weighted by molar-refractivity contribution is 7.10. The van der Waals surface area contributed by atoms with Crippen molar-refractivity contribution in [2.75, 3.05) is 0 Å². The van der Waals surface area contributed by atoms with Crippen LogP contribution in [0.25, 0.3) is 5.57 Å². The molecule has 2 rings (SSSR count). The summed E-state index contributed by atoms with van der Waals surface area (Å²) >= 11 is 1.78. The van der Waals surface area contributed by atoms with Crippen molar-refractivity contribution in [2.24, 2.45) is 5.41 Å². The third-order valence-electron chi connectivity index (χ3n) is 3.12. The van der Waals surface area contributed by atoms with Crippen molar-refractivity contribution >= 4 is 16.9 Å². The number of hydrogen-bond acceptors (Lipinski definition) is 2. The van der Waals surface area contributed by atoms with E-state index in [1.807, 2.05) is 0 Å². The van der Waals surface area contributed by atoms with Gasteiger partial charge in [-0.25, -0.2) is 0 Å². The molecule has 1 nitrogen and oxygen atoms in total. The van der Waals surface area contributed by atoms with E-state index < -0.39 is 0 Å². The number of rotatable bonds is 1. The number of fused-ring (bicyclic) bond motifs is 1. The van der Waals surface area contributed by atoms with Gasteiger partial charge < -0.3 is 0 Å². The van der Waals surface area contributed by atoms with Crippen LogP contribution >= 0.6 is 11.3 Å². The van der Waals surface area contributed by atoms with Crippen molar-refractivity contribution in [1.29, 1.82) is 5.26 Å². The summed E-state index contributed by atoms with van der Waals surface area (Å²) in [6.45, 7) is 8.41. The summed E-state index contributed by atoms with van der Waals surface area (Å²) in [7, 11) is 0. The number of nitriles is 1. The molecule has 0 radical (unpaired) electrons. The molecule has 2 heteroatoms. The molecule has 1 aliphatic rings. The molecule has 1 heterocycles. The lowest BCUT2D eigenvalue weighted by Gasteiger charge is -2.30. The Hall–Kier alpha value is -1.07. The number of allylic oxidation sites excluding steroid dienone is 1. The monoisotopic (exact) mass is 217 g/mol. The van der Waals surface area contributed by atoms with E-state index in [0.717, 1.165) is 18.4 Å². The maximum Gasteiger partial charge on any atom is 0.0992 e. The van der Waals surface area contributed by atoms with Crippen LogP contribution in [0, 0.1) is 16.7 Å². The third-order valence-corrected chi connectivity index (χ3v) is 4.21. The summed E-state index contributed by atoms with van der Waals surface area (Å²) in [6, 6.07) is 2.16. The molecule has 0 bridgehead atoms. The molecule has 1 aromatic heterocycles. The Kier molecular flexibility index (Phi) is 2.44. The Bertz CT molecular complexity index is 446. The maximum atomic E-state index is 8.89. The van der Waals surface area contributed by atoms with Crippen LogP contribution in [0.4, 0.5) is 0 Å². The van der Waals surface area contributed by atoms with Crippen LogP contribution in [0.3, 0.4) is 0 Å². The van der Waals surface area contributed by atoms with E-state index in [4.69, 9.17) is 5.26 Å². The van der Waals surface area contributed by atoms with Crippen molar-refractivity contribution in [3.8, 4) is 6.07 Å². The SMILES string of the molecule is C=C(C#N)c1csc2c1CC(C)(C)CC2. The maximum absolute atomic E-state index is 8.89. The van der Waals surface area contributed by atoms with Gasteiger partial charge in [-0.2, -0.15) is 5.26 Å². The van der Waals surface area contributed by atoms with Gasteiger partial charge >= 0.3 is 0 Å². The first-order valence-corrected chi connectivity index (χ1v) is 6.10. The highest BCUT2D eigenvalue weighted by Gasteiger charge is 2.28. The van der Waals surface area contributed by atoms with Gasteiger partial charge in [0, 0.05) is 10.4 Å². The van der Waals surface area contributed by atoms with Crippen molar-refractivity contribution in [3.05, 3.63) is 28.0 Å². The average molecular weight is 217 g/mol. The fourth-order valence-corrected chi connectivity index (χ4v) is 3.25. The third kappa shape index (κ3) is 1.85. The van der Waals surface area contributed by atoms with Crippen molar-refractivity contribution < 1.29 is 0 Å². The second-order valence-electron chi connectivity index (χ2n) is 4.98. The van der Waals surface area contributed by atoms with E-state index in [9.17, 15) is 0 Å². The molecule has 0 saturated carbocycles. The Morgan fingerprint density at radius 2 is 2.33 bits per heavy atom. The highest BCUT2D eigenvalue weighted by atomic mass is 32.1. The van der Waals surface area contributed by atoms with Crippen LogP contribution in [0.2, 0.25) is 0 Å². The molecule has 0 saturated heterocycles. The van der Waals surface area contributed by atoms with Crippen molar-refractivity contribution in [2.45, 2.75) is 33.1 Å². The van der Waals surface area contributed by atoms with Crippen LogP contribution < -0.4 is 0 Å². The first-order valence-electron chi connectivity index (χ1n) is 5.22. The lowest BCUT2D eigenvalue weighted by Crippen LogP contribution is -2.21. The molecule has 0 atom stereocenters. The Morgan fingerprint density at radius 3 is 3.00 bits per heavy atom. The van der Waals surface area contributed by atoms with E-state index in [-0.39, 0.29) is 0 Å². The fraction of sp³-hybridized carbons (Fsp3) is 0.462. The molecule has 0 N–H and O–H groups in total. The van der Waals surface area contributed by atoms with Gasteiger partial charge in [0.25, 0.3) is 0 Å². The summed E-state index contributed by atoms with van der Waals surface area (Å²) < 4.78 is 0. The molecular weight excluding hydrogens is 202 g/mol. The molecule has 78 valence electrons. The van der Waals surface area contributed by atoms with Gasteiger partial charge in [-0.3, -0.25) is 0 Å². The van der Waals surface area contributed by atoms with Crippen molar-refractivity contribution in [3.63, 3.8) is 0 Å². The van der Waals surface area contributed by atoms with Crippen LogP contribution in [0.1, 0.15) is 36.3 Å². The Labute approximate surface area is 95.1 Å². The second kappa shape index (κ2) is 3.50. The largest absolute Gasteiger partial charge is 0.192 e. The van der Waals surface area contributed by atoms with Gasteiger partial charge in [-0.15, -0.1) is 11.3 Å². The van der Waals surface area contributed by atoms with Crippen LogP contribution in [-0.2, 0) is 12.8 Å². The second-order valence-corrected chi connectivity index (χ2v) is 5.95. The van der Waals surface area contributed by atoms with Gasteiger partial charge in [0.1, 0.15) is 0 Å². The number of aryl methyl sites for hydroxylation is 1. The standard InChI is InChI=1S/C13H15NS/c1-9(7-14)11-8-15-12-4-5-13(2,3)6-10(11)12/h8H,1,4-6H2,2-3H3. The van der Waals surface area contributed by atoms with Crippen LogP contribution in [0.15, 0.2) is 12.0 Å². The van der Waals surface area contributed by atoms with E-state index in [0.29, 0.717) is 11.0 Å². The van der Waals surface area contributed by atoms with Gasteiger partial charge in [0.15, 0.2) is 0 Å². The molecule has 0 spiro atoms. The lowest BCUT2D eigenvalue weighted by molar-refractivity contribution is 0.317. The molecule has 15 heavy (non-hydrogen) atoms. The number of hydrogen-bond donors (Lipinski definition) is 0. The number of thiophene rings is 1. The Morgan fingerprint density at radius 1 is 1.60 bits per heavy atom. The van der Waals surface area contributed by atoms with Crippen LogP contribution in [0.5, 0.6) is 0 Å². The minimum atomic E-state index is 0.374. The van der Waals surface area contributed by atoms with Gasteiger partial charge in [0.05, 0.1) is 11.6 Å². The van der Waals surface area contributed by atoms with E-state index in [1.54, 1.807) is 11.3 Å². The predicted molar refractivity (Wildman–Crippen MR) is 64.8 cm³/mol.